The molecular formula is C37H34N4O10. The third-order valence-electron chi connectivity index (χ3n) is 10.2. The molecule has 1 saturated carbocycles. The molecular weight excluding hydrogens is 660 g/mol. The number of carbonyl (C=O) groups excluding carboxylic acids is 4. The van der Waals surface area contributed by atoms with E-state index in [0.29, 0.717) is 17.0 Å². The summed E-state index contributed by atoms with van der Waals surface area (Å²) in [5.41, 5.74) is 3.64. The number of fused-ring (bicyclic) bond motifs is 4. The number of hydrogen-bond donors (Lipinski definition) is 8. The number of ketones is 2. The molecule has 0 saturated heterocycles. The Morgan fingerprint density at radius 1 is 0.980 bits per heavy atom. The van der Waals surface area contributed by atoms with Crippen LogP contribution in [0.5, 0.6) is 5.75 Å². The van der Waals surface area contributed by atoms with Gasteiger partial charge in [-0.25, -0.2) is 4.79 Å². The van der Waals surface area contributed by atoms with Gasteiger partial charge in [0, 0.05) is 66.3 Å². The monoisotopic (exact) mass is 694 g/mol. The predicted octanol–water partition coefficient (Wildman–Crippen LogP) is 4.08. The molecule has 0 spiro atoms. The number of urea groups is 1. The van der Waals surface area contributed by atoms with Crippen LogP contribution in [0.3, 0.4) is 0 Å². The molecule has 1 heterocycles. The molecule has 0 unspecified atom stereocenters. The molecule has 3 amide bonds. The number of phenols is 1. The Morgan fingerprint density at radius 3 is 2.35 bits per heavy atom. The average Bonchev–Trinajstić information content (AvgIpc) is 3.51. The number of Topliss-reactive ketones (excluding diaryl/α,β-unsaturated/α-hetero) is 2. The van der Waals surface area contributed by atoms with E-state index >= 15 is 0 Å². The summed E-state index contributed by atoms with van der Waals surface area (Å²) < 4.78 is 6.05. The number of nitrogens with one attached hydrogen (secondary N) is 2. The number of aliphatic hydroxyl groups is 4. The number of nitrogens with two attached hydrogens (primary N) is 1. The third-order valence-corrected chi connectivity index (χ3v) is 10.2. The molecule has 0 bridgehead atoms. The molecule has 9 N–H and O–H groups in total. The fourth-order valence-corrected chi connectivity index (χ4v) is 7.54. The lowest BCUT2D eigenvalue weighted by Crippen LogP contribution is -2.63. The summed E-state index contributed by atoms with van der Waals surface area (Å²) in [5, 5.41) is 62.6. The molecule has 51 heavy (non-hydrogen) atoms. The van der Waals surface area contributed by atoms with Crippen LogP contribution in [0, 0.1) is 11.8 Å². The fourth-order valence-electron chi connectivity index (χ4n) is 7.54. The topological polar surface area (TPSA) is 236 Å². The average molecular weight is 695 g/mol. The van der Waals surface area contributed by atoms with Gasteiger partial charge in [0.15, 0.2) is 11.4 Å². The van der Waals surface area contributed by atoms with Crippen molar-refractivity contribution in [2.24, 2.45) is 17.6 Å². The van der Waals surface area contributed by atoms with Crippen molar-refractivity contribution < 1.29 is 49.1 Å². The Hall–Kier alpha value is -6.12. The minimum Gasteiger partial charge on any atom is -0.508 e. The maximum absolute atomic E-state index is 13.9. The van der Waals surface area contributed by atoms with Crippen molar-refractivity contribution in [3.8, 4) is 17.1 Å². The molecule has 0 radical (unpaired) electrons. The quantitative estimate of drug-likeness (QED) is 0.109. The van der Waals surface area contributed by atoms with E-state index in [2.05, 4.69) is 10.6 Å². The molecule has 5 atom stereocenters. The van der Waals surface area contributed by atoms with Crippen LogP contribution in [0.4, 0.5) is 21.9 Å². The summed E-state index contributed by atoms with van der Waals surface area (Å²) in [7, 11) is 3.89. The number of nitrogens with zero attached hydrogens (tertiary/aromatic N) is 1. The van der Waals surface area contributed by atoms with Crippen molar-refractivity contribution in [1.82, 2.24) is 0 Å². The number of anilines is 3. The highest BCUT2D eigenvalue weighted by atomic mass is 16.4. The van der Waals surface area contributed by atoms with Gasteiger partial charge in [0.25, 0.3) is 5.91 Å². The number of amides is 3. The van der Waals surface area contributed by atoms with E-state index in [9.17, 15) is 44.7 Å². The van der Waals surface area contributed by atoms with Crippen LogP contribution in [0.1, 0.15) is 30.4 Å². The smallest absolute Gasteiger partial charge is 0.323 e. The molecule has 4 aromatic rings. The van der Waals surface area contributed by atoms with Crippen molar-refractivity contribution >= 4 is 57.3 Å². The Morgan fingerprint density at radius 2 is 1.69 bits per heavy atom. The lowest BCUT2D eigenvalue weighted by Gasteiger charge is -2.50. The minimum absolute atomic E-state index is 0.137. The first-order valence-corrected chi connectivity index (χ1v) is 16.0. The summed E-state index contributed by atoms with van der Waals surface area (Å²) in [6.07, 6.45) is -2.31. The van der Waals surface area contributed by atoms with Crippen molar-refractivity contribution in [3.63, 3.8) is 0 Å². The third kappa shape index (κ3) is 5.02. The molecule has 14 nitrogen and oxygen atoms in total. The first-order chi connectivity index (χ1) is 24.1. The maximum atomic E-state index is 13.9. The fraction of sp³-hybridized carbons (Fsp3) is 0.243. The molecule has 7 rings (SSSR count). The molecule has 0 aliphatic heterocycles. The number of aromatic hydroxyl groups is 1. The Kier molecular flexibility index (Phi) is 7.69. The number of aliphatic hydroxyl groups excluding tert-OH is 3. The Bertz CT molecular complexity index is 2250. The van der Waals surface area contributed by atoms with Gasteiger partial charge in [-0.1, -0.05) is 13.0 Å². The number of carbonyl (C=O) groups is 4. The highest BCUT2D eigenvalue weighted by Crippen LogP contribution is 2.56. The van der Waals surface area contributed by atoms with Crippen molar-refractivity contribution in [2.75, 3.05) is 29.6 Å². The van der Waals surface area contributed by atoms with E-state index < -0.39 is 87.8 Å². The normalized spacial score (nSPS) is 24.2. The Labute approximate surface area is 290 Å². The summed E-state index contributed by atoms with van der Waals surface area (Å²) in [6, 6.07) is 16.9. The van der Waals surface area contributed by atoms with Gasteiger partial charge < -0.3 is 51.2 Å². The van der Waals surface area contributed by atoms with Gasteiger partial charge in [-0.05, 0) is 60.0 Å². The molecule has 3 aliphatic rings. The van der Waals surface area contributed by atoms with Crippen molar-refractivity contribution in [2.45, 2.75) is 31.0 Å². The second-order valence-electron chi connectivity index (χ2n) is 13.3. The van der Waals surface area contributed by atoms with Crippen LogP contribution in [0.2, 0.25) is 0 Å². The second-order valence-corrected chi connectivity index (χ2v) is 13.3. The second kappa shape index (κ2) is 11.7. The summed E-state index contributed by atoms with van der Waals surface area (Å²) in [6.45, 7) is 1.61. The largest absolute Gasteiger partial charge is 0.508 e. The van der Waals surface area contributed by atoms with E-state index in [1.54, 1.807) is 31.2 Å². The van der Waals surface area contributed by atoms with Gasteiger partial charge >= 0.3 is 6.03 Å². The number of furan rings is 1. The lowest BCUT2D eigenvalue weighted by atomic mass is 9.55. The number of rotatable bonds is 5. The molecule has 262 valence electrons. The number of phenolic OH excluding ortho intramolecular Hbond substituents is 1. The van der Waals surface area contributed by atoms with E-state index in [0.717, 1.165) is 22.2 Å². The van der Waals surface area contributed by atoms with Crippen LogP contribution < -0.4 is 21.3 Å². The van der Waals surface area contributed by atoms with Gasteiger partial charge in [0.05, 0.1) is 17.4 Å². The SMILES string of the molecule is C[C@H]1c2ccc(NC(=O)Nc3ccc(-c4cc5ccc(N(C)C)cc5o4)cc3)c(O)c2C(O)=C2C(=O)[C@]3(O)C(O)=C(C(N)=O)C(=O)C[C@@H]3[C@@H](O)[C@@H]21. The van der Waals surface area contributed by atoms with Gasteiger partial charge in [0.2, 0.25) is 5.78 Å². The summed E-state index contributed by atoms with van der Waals surface area (Å²) >= 11 is 0. The van der Waals surface area contributed by atoms with E-state index in [1.165, 1.54) is 12.1 Å². The van der Waals surface area contributed by atoms with Crippen LogP contribution in [-0.2, 0) is 14.4 Å². The van der Waals surface area contributed by atoms with E-state index in [1.807, 2.05) is 43.3 Å². The predicted molar refractivity (Wildman–Crippen MR) is 186 cm³/mol. The highest BCUT2D eigenvalue weighted by Gasteiger charge is 2.64. The zero-order chi connectivity index (χ0) is 36.7. The zero-order valence-electron chi connectivity index (χ0n) is 27.6. The molecule has 3 aliphatic carbocycles. The molecule has 1 fully saturated rings. The standard InChI is InChI=1S/C37H34N4O10/c1-15-20-10-11-22(40-36(49)39-18-7-4-16(5-8-18)24-12-17-6-9-19(41(2)3)13-25(17)51-24)31(44)27(20)32(45)29-26(15)30(43)21-14-23(42)28(35(38)48)33(46)37(21,50)34(29)47/h4-13,15,21,26,30,43-46,50H,14H2,1-3H3,(H2,38,48)(H2,39,40,49)/t15-,21+,26+,30+,37+/m0/s1. The van der Waals surface area contributed by atoms with Crippen LogP contribution in [-0.4, -0.2) is 74.8 Å². The van der Waals surface area contributed by atoms with E-state index in [-0.39, 0.29) is 11.3 Å². The molecule has 3 aromatic carbocycles. The first kappa shape index (κ1) is 33.4. The van der Waals surface area contributed by atoms with E-state index in [4.69, 9.17) is 10.2 Å². The van der Waals surface area contributed by atoms with Crippen LogP contribution in [0.15, 0.2) is 82.0 Å². The summed E-state index contributed by atoms with van der Waals surface area (Å²) in [4.78, 5) is 53.4. The van der Waals surface area contributed by atoms with Crippen LogP contribution in [0.25, 0.3) is 28.1 Å². The van der Waals surface area contributed by atoms with Gasteiger partial charge in [0.1, 0.15) is 34.2 Å². The number of benzene rings is 3. The summed E-state index contributed by atoms with van der Waals surface area (Å²) in [5.74, 6) is -9.14. The highest BCUT2D eigenvalue weighted by molar-refractivity contribution is 6.23. The van der Waals surface area contributed by atoms with Gasteiger partial charge in [-0.2, -0.15) is 0 Å². The zero-order valence-corrected chi connectivity index (χ0v) is 27.6. The molecule has 14 heteroatoms. The number of hydrogen-bond acceptors (Lipinski definition) is 11. The molecule has 1 aromatic heterocycles. The van der Waals surface area contributed by atoms with Gasteiger partial charge in [-0.3, -0.25) is 14.4 Å². The Balaban J connectivity index is 1.15. The maximum Gasteiger partial charge on any atom is 0.323 e. The van der Waals surface area contributed by atoms with Crippen LogP contribution >= 0.6 is 0 Å². The first-order valence-electron chi connectivity index (χ1n) is 16.0. The van der Waals surface area contributed by atoms with Crippen molar-refractivity contribution in [3.05, 3.63) is 88.7 Å². The number of primary amides is 1. The lowest BCUT2D eigenvalue weighted by molar-refractivity contribution is -0.160. The van der Waals surface area contributed by atoms with Gasteiger partial charge in [-0.15, -0.1) is 0 Å². The van der Waals surface area contributed by atoms with Crippen molar-refractivity contribution in [1.29, 1.82) is 0 Å². The minimum atomic E-state index is -2.95.